The van der Waals surface area contributed by atoms with Crippen molar-refractivity contribution in [2.24, 2.45) is 5.41 Å². The van der Waals surface area contributed by atoms with Crippen molar-refractivity contribution >= 4 is 52.5 Å². The second-order valence-electron chi connectivity index (χ2n) is 6.79. The molecule has 6 nitrogen and oxygen atoms in total. The van der Waals surface area contributed by atoms with Gasteiger partial charge in [-0.2, -0.15) is 0 Å². The van der Waals surface area contributed by atoms with Crippen LogP contribution in [0.2, 0.25) is 10.0 Å². The second-order valence-corrected chi connectivity index (χ2v) is 8.90. The number of benzene rings is 1. The molecular weight excluding hydrogens is 419 g/mol. The first kappa shape index (κ1) is 20.9. The lowest BCUT2D eigenvalue weighted by atomic mass is 9.88. The molecule has 1 aliphatic heterocycles. The van der Waals surface area contributed by atoms with Gasteiger partial charge in [0.05, 0.1) is 17.7 Å². The van der Waals surface area contributed by atoms with Crippen molar-refractivity contribution in [1.82, 2.24) is 15.3 Å². The van der Waals surface area contributed by atoms with Crippen LogP contribution in [0, 0.1) is 5.41 Å². The van der Waals surface area contributed by atoms with Gasteiger partial charge in [-0.25, -0.2) is 9.97 Å². The number of carbonyl (C=O) groups is 2. The van der Waals surface area contributed by atoms with E-state index in [1.54, 1.807) is 54.0 Å². The molecule has 148 valence electrons. The molecule has 28 heavy (non-hydrogen) atoms. The minimum Gasteiger partial charge on any atom is -0.350 e. The average Bonchev–Trinajstić information content (AvgIpc) is 2.95. The SMILES string of the molecule is CCSc1nccc(CNC(=O)C2(C)CC(=O)N(c3cc(Cl)cc(Cl)c3)C2)n1. The molecule has 0 saturated carbocycles. The highest BCUT2D eigenvalue weighted by molar-refractivity contribution is 7.99. The second kappa shape index (κ2) is 8.68. The number of halogens is 2. The Hall–Kier alpha value is -1.83. The molecule has 0 radical (unpaired) electrons. The van der Waals surface area contributed by atoms with Gasteiger partial charge in [0.2, 0.25) is 11.8 Å². The quantitative estimate of drug-likeness (QED) is 0.545. The first-order chi connectivity index (χ1) is 13.3. The molecule has 9 heteroatoms. The normalized spacial score (nSPS) is 19.1. The third-order valence-electron chi connectivity index (χ3n) is 4.45. The minimum absolute atomic E-state index is 0.115. The summed E-state index contributed by atoms with van der Waals surface area (Å²) in [7, 11) is 0. The van der Waals surface area contributed by atoms with Gasteiger partial charge in [-0.3, -0.25) is 9.59 Å². The Labute approximate surface area is 178 Å². The third-order valence-corrected chi connectivity index (χ3v) is 5.63. The van der Waals surface area contributed by atoms with Crippen molar-refractivity contribution in [1.29, 1.82) is 0 Å². The van der Waals surface area contributed by atoms with E-state index in [-0.39, 0.29) is 31.3 Å². The van der Waals surface area contributed by atoms with Crippen LogP contribution in [0.4, 0.5) is 5.69 Å². The molecule has 1 N–H and O–H groups in total. The zero-order valence-corrected chi connectivity index (χ0v) is 17.9. The Morgan fingerprint density at radius 2 is 2.04 bits per heavy atom. The van der Waals surface area contributed by atoms with E-state index < -0.39 is 5.41 Å². The highest BCUT2D eigenvalue weighted by Gasteiger charge is 2.45. The number of anilines is 1. The van der Waals surface area contributed by atoms with Gasteiger partial charge in [0.15, 0.2) is 5.16 Å². The molecule has 1 saturated heterocycles. The lowest BCUT2D eigenvalue weighted by Gasteiger charge is -2.23. The highest BCUT2D eigenvalue weighted by Crippen LogP contribution is 2.36. The van der Waals surface area contributed by atoms with E-state index in [0.717, 1.165) is 11.4 Å². The van der Waals surface area contributed by atoms with Crippen molar-refractivity contribution in [2.75, 3.05) is 17.2 Å². The van der Waals surface area contributed by atoms with E-state index in [0.29, 0.717) is 20.9 Å². The van der Waals surface area contributed by atoms with Crippen molar-refractivity contribution in [2.45, 2.75) is 32.0 Å². The Morgan fingerprint density at radius 1 is 1.32 bits per heavy atom. The molecule has 2 aromatic rings. The highest BCUT2D eigenvalue weighted by atomic mass is 35.5. The Bertz CT molecular complexity index is 891. The molecule has 1 fully saturated rings. The van der Waals surface area contributed by atoms with Crippen molar-refractivity contribution < 1.29 is 9.59 Å². The molecule has 1 atom stereocenters. The van der Waals surface area contributed by atoms with Gasteiger partial charge in [0.1, 0.15) is 0 Å². The summed E-state index contributed by atoms with van der Waals surface area (Å²) in [5.41, 5.74) is 0.474. The van der Waals surface area contributed by atoms with Crippen LogP contribution in [0.3, 0.4) is 0 Å². The zero-order chi connectivity index (χ0) is 20.3. The molecule has 3 rings (SSSR count). The number of nitrogens with one attached hydrogen (secondary N) is 1. The number of nitrogens with zero attached hydrogens (tertiary/aromatic N) is 3. The Balaban J connectivity index is 1.68. The largest absolute Gasteiger partial charge is 0.350 e. The van der Waals surface area contributed by atoms with Crippen LogP contribution in [0.5, 0.6) is 0 Å². The average molecular weight is 439 g/mol. The molecule has 0 aliphatic carbocycles. The molecule has 1 aromatic carbocycles. The summed E-state index contributed by atoms with van der Waals surface area (Å²) in [6.45, 7) is 4.35. The monoisotopic (exact) mass is 438 g/mol. The fourth-order valence-electron chi connectivity index (χ4n) is 3.06. The summed E-state index contributed by atoms with van der Waals surface area (Å²) in [5.74, 6) is 0.540. The van der Waals surface area contributed by atoms with E-state index in [2.05, 4.69) is 15.3 Å². The summed E-state index contributed by atoms with van der Waals surface area (Å²) in [6, 6.07) is 6.71. The number of carbonyl (C=O) groups excluding carboxylic acids is 2. The third kappa shape index (κ3) is 4.77. The molecule has 2 heterocycles. The number of rotatable bonds is 6. The van der Waals surface area contributed by atoms with Gasteiger partial charge in [-0.05, 0) is 36.9 Å². The standard InChI is InChI=1S/C19H20Cl2N4O2S/c1-3-28-18-22-5-4-14(24-18)10-23-17(27)19(2)9-16(26)25(11-19)15-7-12(20)6-13(21)8-15/h4-8H,3,9-11H2,1-2H3,(H,23,27). The Morgan fingerprint density at radius 3 is 2.71 bits per heavy atom. The number of hydrogen-bond donors (Lipinski definition) is 1. The van der Waals surface area contributed by atoms with Crippen LogP contribution < -0.4 is 10.2 Å². The number of aromatic nitrogens is 2. The van der Waals surface area contributed by atoms with Crippen LogP contribution in [0.1, 0.15) is 26.0 Å². The topological polar surface area (TPSA) is 75.2 Å². The van der Waals surface area contributed by atoms with Crippen LogP contribution in [0.15, 0.2) is 35.6 Å². The van der Waals surface area contributed by atoms with E-state index in [9.17, 15) is 9.59 Å². The minimum atomic E-state index is -0.847. The molecule has 1 aliphatic rings. The van der Waals surface area contributed by atoms with Crippen LogP contribution in [0.25, 0.3) is 0 Å². The van der Waals surface area contributed by atoms with Crippen molar-refractivity contribution in [3.63, 3.8) is 0 Å². The predicted octanol–water partition coefficient (Wildman–Crippen LogP) is 3.95. The van der Waals surface area contributed by atoms with Crippen LogP contribution in [-0.2, 0) is 16.1 Å². The molecule has 1 unspecified atom stereocenters. The summed E-state index contributed by atoms with van der Waals surface area (Å²) < 4.78 is 0. The van der Waals surface area contributed by atoms with Gasteiger partial charge < -0.3 is 10.2 Å². The molecule has 0 spiro atoms. The molecule has 2 amide bonds. The van der Waals surface area contributed by atoms with E-state index >= 15 is 0 Å². The van der Waals surface area contributed by atoms with Crippen LogP contribution >= 0.6 is 35.0 Å². The lowest BCUT2D eigenvalue weighted by Crippen LogP contribution is -2.40. The summed E-state index contributed by atoms with van der Waals surface area (Å²) >= 11 is 13.6. The molecular formula is C19H20Cl2N4O2S. The lowest BCUT2D eigenvalue weighted by molar-refractivity contribution is -0.131. The summed E-state index contributed by atoms with van der Waals surface area (Å²) in [5, 5.41) is 4.46. The van der Waals surface area contributed by atoms with Crippen LogP contribution in [-0.4, -0.2) is 34.1 Å². The maximum Gasteiger partial charge on any atom is 0.228 e. The summed E-state index contributed by atoms with van der Waals surface area (Å²) in [6.07, 6.45) is 1.79. The number of amides is 2. The van der Waals surface area contributed by atoms with Crippen molar-refractivity contribution in [3.8, 4) is 0 Å². The Kier molecular flexibility index (Phi) is 6.47. The van der Waals surface area contributed by atoms with E-state index in [1.807, 2.05) is 6.92 Å². The van der Waals surface area contributed by atoms with Crippen molar-refractivity contribution in [3.05, 3.63) is 46.2 Å². The van der Waals surface area contributed by atoms with Gasteiger partial charge in [-0.15, -0.1) is 0 Å². The van der Waals surface area contributed by atoms with Gasteiger partial charge in [0, 0.05) is 34.9 Å². The number of hydrogen-bond acceptors (Lipinski definition) is 5. The first-order valence-corrected chi connectivity index (χ1v) is 10.5. The smallest absolute Gasteiger partial charge is 0.228 e. The van der Waals surface area contributed by atoms with Gasteiger partial charge in [-0.1, -0.05) is 41.9 Å². The predicted molar refractivity (Wildman–Crippen MR) is 112 cm³/mol. The van der Waals surface area contributed by atoms with E-state index in [4.69, 9.17) is 23.2 Å². The van der Waals surface area contributed by atoms with Gasteiger partial charge in [0.25, 0.3) is 0 Å². The number of thioether (sulfide) groups is 1. The maximum absolute atomic E-state index is 12.8. The molecule has 0 bridgehead atoms. The zero-order valence-electron chi connectivity index (χ0n) is 15.5. The van der Waals surface area contributed by atoms with E-state index in [1.165, 1.54) is 0 Å². The van der Waals surface area contributed by atoms with Gasteiger partial charge >= 0.3 is 0 Å². The first-order valence-electron chi connectivity index (χ1n) is 8.80. The maximum atomic E-state index is 12.8. The fourth-order valence-corrected chi connectivity index (χ4v) is 4.15. The summed E-state index contributed by atoms with van der Waals surface area (Å²) in [4.78, 5) is 35.5. The fraction of sp³-hybridized carbons (Fsp3) is 0.368. The molecule has 1 aromatic heterocycles.